The Morgan fingerprint density at radius 2 is 2.25 bits per heavy atom. The SMILES string of the molecule is O=C(O)C1CCCCN1C(=O)c1ccsc1. The number of likely N-dealkylation sites (tertiary alicyclic amines) is 1. The molecule has 1 atom stereocenters. The molecule has 0 bridgehead atoms. The standard InChI is InChI=1S/C11H13NO3S/c13-10(8-4-6-16-7-8)12-5-2-1-3-9(12)11(14)15/h4,6-7,9H,1-3,5H2,(H,14,15). The third kappa shape index (κ3) is 2.09. The average molecular weight is 239 g/mol. The lowest BCUT2D eigenvalue weighted by atomic mass is 10.0. The molecule has 1 aliphatic heterocycles. The number of hydrogen-bond donors (Lipinski definition) is 1. The first-order valence-electron chi connectivity index (χ1n) is 5.26. The van der Waals surface area contributed by atoms with Gasteiger partial charge in [0.1, 0.15) is 6.04 Å². The van der Waals surface area contributed by atoms with Crippen LogP contribution < -0.4 is 0 Å². The Balaban J connectivity index is 2.17. The van der Waals surface area contributed by atoms with E-state index in [0.29, 0.717) is 18.5 Å². The Bertz CT molecular complexity index is 388. The van der Waals surface area contributed by atoms with E-state index in [0.717, 1.165) is 12.8 Å². The summed E-state index contributed by atoms with van der Waals surface area (Å²) in [7, 11) is 0. The van der Waals surface area contributed by atoms with Crippen LogP contribution in [0.3, 0.4) is 0 Å². The average Bonchev–Trinajstić information content (AvgIpc) is 2.81. The van der Waals surface area contributed by atoms with Crippen LogP contribution in [0.4, 0.5) is 0 Å². The zero-order valence-electron chi connectivity index (χ0n) is 8.76. The second kappa shape index (κ2) is 4.65. The Hall–Kier alpha value is -1.36. The van der Waals surface area contributed by atoms with E-state index in [9.17, 15) is 9.59 Å². The molecule has 1 N–H and O–H groups in total. The van der Waals surface area contributed by atoms with Gasteiger partial charge in [-0.1, -0.05) is 0 Å². The summed E-state index contributed by atoms with van der Waals surface area (Å²) in [4.78, 5) is 24.6. The van der Waals surface area contributed by atoms with Gasteiger partial charge < -0.3 is 10.0 Å². The molecule has 0 aliphatic carbocycles. The molecule has 1 saturated heterocycles. The van der Waals surface area contributed by atoms with E-state index in [1.807, 2.05) is 5.38 Å². The summed E-state index contributed by atoms with van der Waals surface area (Å²) in [5.74, 6) is -1.06. The number of carboxylic acid groups (broad SMARTS) is 1. The van der Waals surface area contributed by atoms with Crippen molar-refractivity contribution in [2.24, 2.45) is 0 Å². The molecule has 1 aromatic heterocycles. The minimum absolute atomic E-state index is 0.159. The largest absolute Gasteiger partial charge is 0.480 e. The molecule has 0 aromatic carbocycles. The third-order valence-electron chi connectivity index (χ3n) is 2.82. The van der Waals surface area contributed by atoms with Crippen LogP contribution in [0.1, 0.15) is 29.6 Å². The minimum Gasteiger partial charge on any atom is -0.480 e. The van der Waals surface area contributed by atoms with Crippen LogP contribution in [-0.4, -0.2) is 34.5 Å². The van der Waals surface area contributed by atoms with Crippen molar-refractivity contribution < 1.29 is 14.7 Å². The maximum Gasteiger partial charge on any atom is 0.326 e. The fourth-order valence-corrected chi connectivity index (χ4v) is 2.61. The van der Waals surface area contributed by atoms with Gasteiger partial charge in [0, 0.05) is 11.9 Å². The number of thiophene rings is 1. The number of nitrogens with zero attached hydrogens (tertiary/aromatic N) is 1. The maximum absolute atomic E-state index is 12.0. The maximum atomic E-state index is 12.0. The molecular formula is C11H13NO3S. The van der Waals surface area contributed by atoms with E-state index in [-0.39, 0.29) is 5.91 Å². The lowest BCUT2D eigenvalue weighted by molar-refractivity contribution is -0.143. The molecule has 5 heteroatoms. The van der Waals surface area contributed by atoms with Crippen molar-refractivity contribution in [2.45, 2.75) is 25.3 Å². The lowest BCUT2D eigenvalue weighted by Crippen LogP contribution is -2.47. The van der Waals surface area contributed by atoms with Gasteiger partial charge in [0.05, 0.1) is 5.56 Å². The van der Waals surface area contributed by atoms with Gasteiger partial charge in [0.25, 0.3) is 5.91 Å². The summed E-state index contributed by atoms with van der Waals surface area (Å²) >= 11 is 1.45. The van der Waals surface area contributed by atoms with E-state index >= 15 is 0 Å². The Morgan fingerprint density at radius 3 is 2.88 bits per heavy atom. The second-order valence-electron chi connectivity index (χ2n) is 3.86. The number of carbonyl (C=O) groups excluding carboxylic acids is 1. The lowest BCUT2D eigenvalue weighted by Gasteiger charge is -2.32. The summed E-state index contributed by atoms with van der Waals surface area (Å²) in [6.45, 7) is 0.547. The molecule has 0 spiro atoms. The zero-order valence-corrected chi connectivity index (χ0v) is 9.57. The van der Waals surface area contributed by atoms with Crippen LogP contribution in [0.25, 0.3) is 0 Å². The molecule has 86 valence electrons. The fourth-order valence-electron chi connectivity index (χ4n) is 1.98. The first-order chi connectivity index (χ1) is 7.70. The summed E-state index contributed by atoms with van der Waals surface area (Å²) in [6.07, 6.45) is 2.33. The van der Waals surface area contributed by atoms with Gasteiger partial charge in [-0.05, 0) is 30.7 Å². The molecule has 1 aromatic rings. The minimum atomic E-state index is -0.900. The number of carboxylic acids is 1. The Morgan fingerprint density at radius 1 is 1.44 bits per heavy atom. The number of amides is 1. The molecule has 0 radical (unpaired) electrons. The number of carbonyl (C=O) groups is 2. The molecule has 1 fully saturated rings. The molecule has 16 heavy (non-hydrogen) atoms. The van der Waals surface area contributed by atoms with Gasteiger partial charge in [0.15, 0.2) is 0 Å². The molecule has 1 aliphatic rings. The Labute approximate surface area is 97.5 Å². The highest BCUT2D eigenvalue weighted by molar-refractivity contribution is 7.08. The van der Waals surface area contributed by atoms with E-state index in [2.05, 4.69) is 0 Å². The molecule has 2 heterocycles. The fraction of sp³-hybridized carbons (Fsp3) is 0.455. The second-order valence-corrected chi connectivity index (χ2v) is 4.64. The first kappa shape index (κ1) is 11.1. The molecule has 1 amide bonds. The van der Waals surface area contributed by atoms with Crippen LogP contribution in [-0.2, 0) is 4.79 Å². The van der Waals surface area contributed by atoms with Crippen LogP contribution >= 0.6 is 11.3 Å². The zero-order chi connectivity index (χ0) is 11.5. The summed E-state index contributed by atoms with van der Waals surface area (Å²) in [5, 5.41) is 12.6. The molecular weight excluding hydrogens is 226 g/mol. The van der Waals surface area contributed by atoms with Gasteiger partial charge in [-0.3, -0.25) is 4.79 Å². The van der Waals surface area contributed by atoms with Crippen molar-refractivity contribution in [3.63, 3.8) is 0 Å². The van der Waals surface area contributed by atoms with Gasteiger partial charge in [-0.2, -0.15) is 11.3 Å². The monoisotopic (exact) mass is 239 g/mol. The van der Waals surface area contributed by atoms with E-state index in [1.165, 1.54) is 16.2 Å². The van der Waals surface area contributed by atoms with Gasteiger partial charge in [-0.15, -0.1) is 0 Å². The topological polar surface area (TPSA) is 57.6 Å². The predicted octanol–water partition coefficient (Wildman–Crippen LogP) is 1.83. The molecule has 0 saturated carbocycles. The summed E-state index contributed by atoms with van der Waals surface area (Å²) in [5.41, 5.74) is 0.596. The quantitative estimate of drug-likeness (QED) is 0.856. The van der Waals surface area contributed by atoms with Crippen molar-refractivity contribution in [2.75, 3.05) is 6.54 Å². The number of piperidine rings is 1. The predicted molar refractivity (Wildman–Crippen MR) is 60.6 cm³/mol. The van der Waals surface area contributed by atoms with Crippen LogP contribution in [0.15, 0.2) is 16.8 Å². The Kier molecular flexibility index (Phi) is 3.24. The van der Waals surface area contributed by atoms with Crippen LogP contribution in [0.5, 0.6) is 0 Å². The van der Waals surface area contributed by atoms with Gasteiger partial charge in [0.2, 0.25) is 0 Å². The van der Waals surface area contributed by atoms with Gasteiger partial charge >= 0.3 is 5.97 Å². The normalized spacial score (nSPS) is 20.8. The first-order valence-corrected chi connectivity index (χ1v) is 6.20. The summed E-state index contributed by atoms with van der Waals surface area (Å²) in [6, 6.07) is 1.08. The van der Waals surface area contributed by atoms with Crippen LogP contribution in [0.2, 0.25) is 0 Å². The van der Waals surface area contributed by atoms with Crippen molar-refractivity contribution in [1.29, 1.82) is 0 Å². The van der Waals surface area contributed by atoms with Crippen molar-refractivity contribution in [1.82, 2.24) is 4.90 Å². The molecule has 1 unspecified atom stereocenters. The summed E-state index contributed by atoms with van der Waals surface area (Å²) < 4.78 is 0. The number of hydrogen-bond acceptors (Lipinski definition) is 3. The van der Waals surface area contributed by atoms with Crippen molar-refractivity contribution in [3.05, 3.63) is 22.4 Å². The van der Waals surface area contributed by atoms with Crippen molar-refractivity contribution >= 4 is 23.2 Å². The highest BCUT2D eigenvalue weighted by Crippen LogP contribution is 2.20. The number of aliphatic carboxylic acids is 1. The molecule has 2 rings (SSSR count). The van der Waals surface area contributed by atoms with E-state index in [4.69, 9.17) is 5.11 Å². The molecule has 4 nitrogen and oxygen atoms in total. The van der Waals surface area contributed by atoms with E-state index in [1.54, 1.807) is 11.4 Å². The van der Waals surface area contributed by atoms with Crippen molar-refractivity contribution in [3.8, 4) is 0 Å². The highest BCUT2D eigenvalue weighted by atomic mass is 32.1. The highest BCUT2D eigenvalue weighted by Gasteiger charge is 2.32. The number of rotatable bonds is 2. The van der Waals surface area contributed by atoms with Gasteiger partial charge in [-0.25, -0.2) is 4.79 Å². The third-order valence-corrected chi connectivity index (χ3v) is 3.50. The smallest absolute Gasteiger partial charge is 0.326 e. The van der Waals surface area contributed by atoms with Crippen LogP contribution in [0, 0.1) is 0 Å². The van der Waals surface area contributed by atoms with E-state index < -0.39 is 12.0 Å².